The van der Waals surface area contributed by atoms with Crippen LogP contribution >= 0.6 is 0 Å². The van der Waals surface area contributed by atoms with Crippen LogP contribution in [0.3, 0.4) is 0 Å². The fourth-order valence-corrected chi connectivity index (χ4v) is 1.81. The van der Waals surface area contributed by atoms with Crippen LogP contribution < -0.4 is 15.2 Å². The topological polar surface area (TPSA) is 70.8 Å². The summed E-state index contributed by atoms with van der Waals surface area (Å²) in [7, 11) is 1.56. The zero-order valence-electron chi connectivity index (χ0n) is 12.0. The maximum absolute atomic E-state index is 11.8. The van der Waals surface area contributed by atoms with Gasteiger partial charge in [0, 0.05) is 5.69 Å². The molecule has 0 saturated carbocycles. The van der Waals surface area contributed by atoms with Crippen LogP contribution in [0, 0.1) is 0 Å². The summed E-state index contributed by atoms with van der Waals surface area (Å²) in [4.78, 5) is 11.8. The molecule has 0 atom stereocenters. The lowest BCUT2D eigenvalue weighted by atomic mass is 10.1. The van der Waals surface area contributed by atoms with E-state index in [0.29, 0.717) is 22.9 Å². The second-order valence-corrected chi connectivity index (χ2v) is 4.22. The Bertz CT molecular complexity index is 640. The van der Waals surface area contributed by atoms with Crippen LogP contribution in [0.4, 0.5) is 5.69 Å². The van der Waals surface area contributed by atoms with Crippen molar-refractivity contribution >= 4 is 11.7 Å². The number of nitrogen functional groups attached to an aromatic ring is 1. The molecular formula is C16H17NO4. The average Bonchev–Trinajstić information content (AvgIpc) is 2.50. The molecule has 0 aliphatic rings. The summed E-state index contributed by atoms with van der Waals surface area (Å²) in [5.74, 6) is 1.17. The van der Waals surface area contributed by atoms with Crippen molar-refractivity contribution in [1.29, 1.82) is 0 Å². The molecule has 2 aromatic rings. The Morgan fingerprint density at radius 1 is 1.14 bits per heavy atom. The number of ether oxygens (including phenoxy) is 3. The standard InChI is InChI=1S/C16H17NO4/c1-3-20-16(18)12-10-11(8-9-13(12)17)21-15-7-5-4-6-14(15)19-2/h4-10H,3,17H2,1-2H3. The van der Waals surface area contributed by atoms with Crippen LogP contribution in [0.25, 0.3) is 0 Å². The third kappa shape index (κ3) is 3.45. The molecule has 5 heteroatoms. The number of para-hydroxylation sites is 2. The van der Waals surface area contributed by atoms with Crippen LogP contribution in [-0.4, -0.2) is 19.7 Å². The number of methoxy groups -OCH3 is 1. The molecule has 0 aromatic heterocycles. The number of hydrogen-bond donors (Lipinski definition) is 1. The maximum Gasteiger partial charge on any atom is 0.340 e. The Labute approximate surface area is 123 Å². The van der Waals surface area contributed by atoms with Gasteiger partial charge in [0.2, 0.25) is 0 Å². The fraction of sp³-hybridized carbons (Fsp3) is 0.188. The molecule has 2 N–H and O–H groups in total. The Hall–Kier alpha value is -2.69. The Kier molecular flexibility index (Phi) is 4.66. The van der Waals surface area contributed by atoms with E-state index < -0.39 is 5.97 Å². The normalized spacial score (nSPS) is 10.0. The van der Waals surface area contributed by atoms with E-state index in [1.807, 2.05) is 12.1 Å². The van der Waals surface area contributed by atoms with Crippen LogP contribution in [-0.2, 0) is 4.74 Å². The first-order valence-corrected chi connectivity index (χ1v) is 6.53. The van der Waals surface area contributed by atoms with Gasteiger partial charge in [-0.2, -0.15) is 0 Å². The summed E-state index contributed by atoms with van der Waals surface area (Å²) >= 11 is 0. The van der Waals surface area contributed by atoms with Gasteiger partial charge >= 0.3 is 5.97 Å². The minimum Gasteiger partial charge on any atom is -0.493 e. The van der Waals surface area contributed by atoms with Crippen molar-refractivity contribution in [2.24, 2.45) is 0 Å². The van der Waals surface area contributed by atoms with E-state index in [1.165, 1.54) is 0 Å². The quantitative estimate of drug-likeness (QED) is 0.675. The zero-order valence-corrected chi connectivity index (χ0v) is 12.0. The molecule has 0 unspecified atom stereocenters. The second-order valence-electron chi connectivity index (χ2n) is 4.22. The third-order valence-electron chi connectivity index (χ3n) is 2.82. The van der Waals surface area contributed by atoms with E-state index in [9.17, 15) is 4.79 Å². The predicted molar refractivity (Wildman–Crippen MR) is 79.9 cm³/mol. The Balaban J connectivity index is 2.29. The summed E-state index contributed by atoms with van der Waals surface area (Å²) in [5.41, 5.74) is 6.42. The molecule has 0 heterocycles. The maximum atomic E-state index is 11.8. The lowest BCUT2D eigenvalue weighted by Crippen LogP contribution is -2.08. The molecule has 0 aliphatic carbocycles. The lowest BCUT2D eigenvalue weighted by molar-refractivity contribution is 0.0527. The number of benzene rings is 2. The van der Waals surface area contributed by atoms with Crippen molar-refractivity contribution in [3.63, 3.8) is 0 Å². The molecule has 0 fully saturated rings. The summed E-state index contributed by atoms with van der Waals surface area (Å²) in [6.07, 6.45) is 0. The van der Waals surface area contributed by atoms with Crippen LogP contribution in [0.5, 0.6) is 17.2 Å². The van der Waals surface area contributed by atoms with Gasteiger partial charge in [0.05, 0.1) is 19.3 Å². The first kappa shape index (κ1) is 14.7. The van der Waals surface area contributed by atoms with E-state index in [-0.39, 0.29) is 12.2 Å². The van der Waals surface area contributed by atoms with Crippen molar-refractivity contribution in [3.8, 4) is 17.2 Å². The molecule has 5 nitrogen and oxygen atoms in total. The van der Waals surface area contributed by atoms with Crippen LogP contribution in [0.15, 0.2) is 42.5 Å². The number of rotatable bonds is 5. The van der Waals surface area contributed by atoms with Gasteiger partial charge in [0.15, 0.2) is 11.5 Å². The van der Waals surface area contributed by atoms with Gasteiger partial charge in [-0.3, -0.25) is 0 Å². The highest BCUT2D eigenvalue weighted by atomic mass is 16.5. The number of esters is 1. The number of hydrogen-bond acceptors (Lipinski definition) is 5. The molecule has 110 valence electrons. The lowest BCUT2D eigenvalue weighted by Gasteiger charge is -2.12. The van der Waals surface area contributed by atoms with Gasteiger partial charge in [0.25, 0.3) is 0 Å². The smallest absolute Gasteiger partial charge is 0.340 e. The number of nitrogens with two attached hydrogens (primary N) is 1. The monoisotopic (exact) mass is 287 g/mol. The third-order valence-corrected chi connectivity index (χ3v) is 2.82. The minimum absolute atomic E-state index is 0.282. The molecule has 0 bridgehead atoms. The molecule has 2 aromatic carbocycles. The summed E-state index contributed by atoms with van der Waals surface area (Å²) in [6, 6.07) is 12.1. The van der Waals surface area contributed by atoms with Gasteiger partial charge in [-0.05, 0) is 37.3 Å². The van der Waals surface area contributed by atoms with Crippen LogP contribution in [0.2, 0.25) is 0 Å². The second kappa shape index (κ2) is 6.65. The highest BCUT2D eigenvalue weighted by molar-refractivity contribution is 5.95. The zero-order chi connectivity index (χ0) is 15.2. The molecule has 0 aliphatic heterocycles. The van der Waals surface area contributed by atoms with Gasteiger partial charge in [-0.25, -0.2) is 4.79 Å². The Morgan fingerprint density at radius 2 is 1.86 bits per heavy atom. The number of carbonyl (C=O) groups is 1. The number of anilines is 1. The van der Waals surface area contributed by atoms with Crippen molar-refractivity contribution in [3.05, 3.63) is 48.0 Å². The van der Waals surface area contributed by atoms with E-state index in [1.54, 1.807) is 44.4 Å². The van der Waals surface area contributed by atoms with Gasteiger partial charge in [-0.15, -0.1) is 0 Å². The van der Waals surface area contributed by atoms with E-state index in [2.05, 4.69) is 0 Å². The molecule has 21 heavy (non-hydrogen) atoms. The highest BCUT2D eigenvalue weighted by Crippen LogP contribution is 2.32. The van der Waals surface area contributed by atoms with Crippen molar-refractivity contribution in [2.75, 3.05) is 19.5 Å². The van der Waals surface area contributed by atoms with Crippen molar-refractivity contribution in [1.82, 2.24) is 0 Å². The fourth-order valence-electron chi connectivity index (χ4n) is 1.81. The summed E-state index contributed by atoms with van der Waals surface area (Å²) in [5, 5.41) is 0. The summed E-state index contributed by atoms with van der Waals surface area (Å²) in [6.45, 7) is 2.03. The van der Waals surface area contributed by atoms with E-state index in [0.717, 1.165) is 0 Å². The molecule has 0 spiro atoms. The first-order chi connectivity index (χ1) is 10.2. The van der Waals surface area contributed by atoms with E-state index >= 15 is 0 Å². The van der Waals surface area contributed by atoms with Crippen LogP contribution in [0.1, 0.15) is 17.3 Å². The summed E-state index contributed by atoms with van der Waals surface area (Å²) < 4.78 is 15.9. The van der Waals surface area contributed by atoms with Gasteiger partial charge in [-0.1, -0.05) is 12.1 Å². The molecule has 0 radical (unpaired) electrons. The van der Waals surface area contributed by atoms with Gasteiger partial charge in [0.1, 0.15) is 5.75 Å². The highest BCUT2D eigenvalue weighted by Gasteiger charge is 2.13. The Morgan fingerprint density at radius 3 is 2.52 bits per heavy atom. The molecular weight excluding hydrogens is 270 g/mol. The molecule has 0 amide bonds. The number of carbonyl (C=O) groups excluding carboxylic acids is 1. The minimum atomic E-state index is -0.472. The molecule has 0 saturated heterocycles. The average molecular weight is 287 g/mol. The van der Waals surface area contributed by atoms with Crippen molar-refractivity contribution in [2.45, 2.75) is 6.92 Å². The van der Waals surface area contributed by atoms with Crippen molar-refractivity contribution < 1.29 is 19.0 Å². The largest absolute Gasteiger partial charge is 0.493 e. The van der Waals surface area contributed by atoms with E-state index in [4.69, 9.17) is 19.9 Å². The van der Waals surface area contributed by atoms with Gasteiger partial charge < -0.3 is 19.9 Å². The SMILES string of the molecule is CCOC(=O)c1cc(Oc2ccccc2OC)ccc1N. The first-order valence-electron chi connectivity index (χ1n) is 6.53. The molecule has 2 rings (SSSR count). The predicted octanol–water partition coefficient (Wildman–Crippen LogP) is 3.25.